The maximum atomic E-state index is 12.4. The molecule has 0 heterocycles. The molecule has 4 rings (SSSR count). The average molecular weight is 392 g/mol. The maximum Gasteiger partial charge on any atom is 0.407 e. The Hall–Kier alpha value is -3.51. The van der Waals surface area contributed by atoms with Gasteiger partial charge in [0.1, 0.15) is 12.6 Å². The van der Waals surface area contributed by atoms with Gasteiger partial charge in [-0.3, -0.25) is 0 Å². The molecule has 0 saturated heterocycles. The number of carbonyl (C=O) groups is 2. The number of hydrogen-bond acceptors (Lipinski definition) is 4. The molecule has 2 aliphatic carbocycles. The van der Waals surface area contributed by atoms with Gasteiger partial charge in [-0.25, -0.2) is 9.59 Å². The smallest absolute Gasteiger partial charge is 0.407 e. The third kappa shape index (κ3) is 3.50. The number of benzene rings is 2. The van der Waals surface area contributed by atoms with Crippen LogP contribution in [0.3, 0.4) is 0 Å². The minimum Gasteiger partial charge on any atom is -0.480 e. The van der Waals surface area contributed by atoms with Crippen molar-refractivity contribution in [2.24, 2.45) is 10.5 Å². The fourth-order valence-electron chi connectivity index (χ4n) is 4.11. The summed E-state index contributed by atoms with van der Waals surface area (Å²) in [6.45, 7) is 0.139. The van der Waals surface area contributed by atoms with Crippen LogP contribution in [0.25, 0.3) is 21.6 Å². The van der Waals surface area contributed by atoms with Crippen LogP contribution in [0.15, 0.2) is 53.6 Å². The first-order valence-corrected chi connectivity index (χ1v) is 9.41. The summed E-state index contributed by atoms with van der Waals surface area (Å²) in [5.41, 5.74) is 12.2. The van der Waals surface area contributed by atoms with E-state index in [0.717, 1.165) is 22.3 Å². The van der Waals surface area contributed by atoms with Gasteiger partial charge in [0, 0.05) is 22.8 Å². The first-order valence-electron chi connectivity index (χ1n) is 9.41. The number of carboxylic acids is 1. The van der Waals surface area contributed by atoms with Gasteiger partial charge in [-0.15, -0.1) is 0 Å². The predicted molar refractivity (Wildman–Crippen MR) is 105 cm³/mol. The molecular formula is C21H20N4O4. The molecule has 0 aromatic heterocycles. The van der Waals surface area contributed by atoms with Crippen molar-refractivity contribution in [2.75, 3.05) is 13.2 Å². The Morgan fingerprint density at radius 3 is 2.28 bits per heavy atom. The van der Waals surface area contributed by atoms with Gasteiger partial charge in [-0.2, -0.15) is 0 Å². The van der Waals surface area contributed by atoms with Crippen LogP contribution in [-0.4, -0.2) is 36.4 Å². The highest BCUT2D eigenvalue weighted by molar-refractivity contribution is 5.82. The molecule has 2 aliphatic rings. The van der Waals surface area contributed by atoms with E-state index in [4.69, 9.17) is 10.3 Å². The van der Waals surface area contributed by atoms with Crippen LogP contribution < -0.4 is 5.32 Å². The number of carboxylic acid groups (broad SMARTS) is 1. The summed E-state index contributed by atoms with van der Waals surface area (Å²) in [6, 6.07) is 14.8. The second-order valence-electron chi connectivity index (χ2n) is 7.49. The maximum absolute atomic E-state index is 12.4. The molecule has 1 saturated carbocycles. The van der Waals surface area contributed by atoms with Crippen molar-refractivity contribution in [3.8, 4) is 11.1 Å². The molecule has 0 radical (unpaired) electrons. The fraction of sp³-hybridized carbons (Fsp3) is 0.333. The number of aliphatic carboxylic acids is 1. The van der Waals surface area contributed by atoms with Gasteiger partial charge in [-0.05, 0) is 40.6 Å². The van der Waals surface area contributed by atoms with E-state index in [9.17, 15) is 14.7 Å². The van der Waals surface area contributed by atoms with E-state index >= 15 is 0 Å². The third-order valence-corrected chi connectivity index (χ3v) is 5.81. The zero-order chi connectivity index (χ0) is 20.4. The number of nitrogens with one attached hydrogen (secondary N) is 1. The highest BCUT2D eigenvalue weighted by Crippen LogP contribution is 2.49. The molecule has 0 bridgehead atoms. The monoisotopic (exact) mass is 392 g/mol. The Kier molecular flexibility index (Phi) is 4.86. The average Bonchev–Trinajstić information content (AvgIpc) is 3.45. The molecule has 2 aromatic rings. The predicted octanol–water partition coefficient (Wildman–Crippen LogP) is 4.07. The molecule has 8 nitrogen and oxygen atoms in total. The van der Waals surface area contributed by atoms with Crippen molar-refractivity contribution in [3.05, 3.63) is 70.1 Å². The second kappa shape index (κ2) is 7.48. The molecule has 0 unspecified atom stereocenters. The highest BCUT2D eigenvalue weighted by atomic mass is 16.5. The number of amides is 1. The summed E-state index contributed by atoms with van der Waals surface area (Å²) in [4.78, 5) is 26.8. The van der Waals surface area contributed by atoms with E-state index in [0.29, 0.717) is 12.8 Å². The molecule has 148 valence electrons. The fourth-order valence-corrected chi connectivity index (χ4v) is 4.11. The van der Waals surface area contributed by atoms with Crippen molar-refractivity contribution in [1.29, 1.82) is 0 Å². The van der Waals surface area contributed by atoms with Crippen molar-refractivity contribution in [3.63, 3.8) is 0 Å². The minimum absolute atomic E-state index is 0.0319. The van der Waals surface area contributed by atoms with Crippen molar-refractivity contribution in [1.82, 2.24) is 5.32 Å². The molecule has 1 amide bonds. The normalized spacial score (nSPS) is 16.7. The molecule has 2 aromatic carbocycles. The van der Waals surface area contributed by atoms with E-state index in [2.05, 4.69) is 15.3 Å². The summed E-state index contributed by atoms with van der Waals surface area (Å²) in [5, 5.41) is 15.5. The van der Waals surface area contributed by atoms with Gasteiger partial charge in [0.15, 0.2) is 0 Å². The van der Waals surface area contributed by atoms with Gasteiger partial charge < -0.3 is 15.2 Å². The molecule has 1 fully saturated rings. The van der Waals surface area contributed by atoms with Crippen LogP contribution in [-0.2, 0) is 9.53 Å². The number of alkyl carbamates (subject to hydrolysis) is 1. The van der Waals surface area contributed by atoms with Gasteiger partial charge in [-0.1, -0.05) is 53.6 Å². The molecule has 8 heteroatoms. The lowest BCUT2D eigenvalue weighted by Gasteiger charge is -2.23. The molecule has 0 spiro atoms. The number of azide groups is 1. The lowest BCUT2D eigenvalue weighted by atomic mass is 9.96. The van der Waals surface area contributed by atoms with E-state index in [1.807, 2.05) is 48.5 Å². The summed E-state index contributed by atoms with van der Waals surface area (Å²) < 4.78 is 5.43. The topological polar surface area (TPSA) is 124 Å². The van der Waals surface area contributed by atoms with Crippen LogP contribution >= 0.6 is 0 Å². The van der Waals surface area contributed by atoms with Crippen LogP contribution in [0.2, 0.25) is 0 Å². The summed E-state index contributed by atoms with van der Waals surface area (Å²) in [5.74, 6) is -1.27. The zero-order valence-electron chi connectivity index (χ0n) is 15.6. The number of hydrogen-bond donors (Lipinski definition) is 2. The van der Waals surface area contributed by atoms with Crippen molar-refractivity contribution in [2.45, 2.75) is 24.8 Å². The summed E-state index contributed by atoms with van der Waals surface area (Å²) in [7, 11) is 0. The third-order valence-electron chi connectivity index (χ3n) is 5.81. The lowest BCUT2D eigenvalue weighted by molar-refractivity contribution is -0.141. The van der Waals surface area contributed by atoms with Gasteiger partial charge in [0.05, 0.1) is 0 Å². The van der Waals surface area contributed by atoms with Crippen LogP contribution in [0.5, 0.6) is 0 Å². The van der Waals surface area contributed by atoms with Gasteiger partial charge in [0.25, 0.3) is 0 Å². The number of rotatable bonds is 7. The number of fused-ring (bicyclic) bond motifs is 3. The van der Waals surface area contributed by atoms with Crippen molar-refractivity contribution >= 4 is 12.1 Å². The summed E-state index contributed by atoms with van der Waals surface area (Å²) in [6.07, 6.45) is 0.366. The van der Waals surface area contributed by atoms with Crippen molar-refractivity contribution < 1.29 is 19.4 Å². The Morgan fingerprint density at radius 1 is 1.17 bits per heavy atom. The number of ether oxygens (including phenoxy) is 1. The zero-order valence-corrected chi connectivity index (χ0v) is 15.6. The van der Waals surface area contributed by atoms with E-state index in [1.165, 1.54) is 0 Å². The molecule has 29 heavy (non-hydrogen) atoms. The summed E-state index contributed by atoms with van der Waals surface area (Å²) >= 11 is 0. The molecule has 2 N–H and O–H groups in total. The quantitative estimate of drug-likeness (QED) is 0.418. The Bertz CT molecular complexity index is 966. The van der Waals surface area contributed by atoms with Gasteiger partial charge >= 0.3 is 12.1 Å². The van der Waals surface area contributed by atoms with Gasteiger partial charge in [0.2, 0.25) is 0 Å². The van der Waals surface area contributed by atoms with Crippen LogP contribution in [0.4, 0.5) is 4.79 Å². The second-order valence-corrected chi connectivity index (χ2v) is 7.49. The van der Waals surface area contributed by atoms with Crippen LogP contribution in [0.1, 0.15) is 29.9 Å². The molecular weight excluding hydrogens is 372 g/mol. The lowest BCUT2D eigenvalue weighted by Crippen LogP contribution is -2.48. The van der Waals surface area contributed by atoms with E-state index in [1.54, 1.807) is 0 Å². The number of nitrogens with zero attached hydrogens (tertiary/aromatic N) is 3. The Morgan fingerprint density at radius 2 is 1.76 bits per heavy atom. The van der Waals surface area contributed by atoms with E-state index in [-0.39, 0.29) is 19.1 Å². The van der Waals surface area contributed by atoms with E-state index < -0.39 is 23.5 Å². The molecule has 0 aliphatic heterocycles. The van der Waals surface area contributed by atoms with Crippen LogP contribution in [0, 0.1) is 5.41 Å². The first-order chi connectivity index (χ1) is 14.1. The molecule has 1 atom stereocenters. The standard InChI is InChI=1S/C21H20N4O4/c22-25-23-12-21(9-10-21)18(19(26)27)24-20(28)29-11-17-15-7-3-1-5-13(15)14-6-2-4-8-16(14)17/h1-8,17-18H,9-12H2,(H,24,28)(H,26,27)/t18-/m0/s1. The minimum atomic E-state index is -1.16. The largest absolute Gasteiger partial charge is 0.480 e. The number of carbonyl (C=O) groups excluding carboxylic acids is 1. The SMILES string of the molecule is [N-]=[N+]=NCC1([C@@H](NC(=O)OCC2c3ccccc3-c3ccccc32)C(=O)O)CC1. The first kappa shape index (κ1) is 18.8. The highest BCUT2D eigenvalue weighted by Gasteiger charge is 2.53. The Labute approximate surface area is 167 Å². The Balaban J connectivity index is 1.46.